The van der Waals surface area contributed by atoms with Gasteiger partial charge in [-0.3, -0.25) is 15.7 Å². The van der Waals surface area contributed by atoms with Crippen molar-refractivity contribution in [1.82, 2.24) is 10.5 Å². The lowest BCUT2D eigenvalue weighted by Gasteiger charge is -2.37. The maximum atomic E-state index is 9.91. The minimum Gasteiger partial charge on any atom is -0.438 e. The van der Waals surface area contributed by atoms with Crippen LogP contribution in [-0.2, 0) is 0 Å². The molecule has 6 nitrogen and oxygen atoms in total. The van der Waals surface area contributed by atoms with E-state index in [0.717, 1.165) is 31.6 Å². The normalized spacial score (nSPS) is 20.9. The van der Waals surface area contributed by atoms with E-state index in [1.54, 1.807) is 6.20 Å². The summed E-state index contributed by atoms with van der Waals surface area (Å²) < 4.78 is 6.15. The smallest absolute Gasteiger partial charge is 0.230 e. The Morgan fingerprint density at radius 2 is 2.00 bits per heavy atom. The van der Waals surface area contributed by atoms with Crippen LogP contribution in [0.15, 0.2) is 47.6 Å². The highest BCUT2D eigenvalue weighted by molar-refractivity contribution is 6.00. The molecule has 1 heterocycles. The third kappa shape index (κ3) is 5.97. The van der Waals surface area contributed by atoms with Gasteiger partial charge in [-0.2, -0.15) is 0 Å². The number of amidine groups is 1. The van der Waals surface area contributed by atoms with E-state index >= 15 is 0 Å². The van der Waals surface area contributed by atoms with Gasteiger partial charge in [-0.1, -0.05) is 26.8 Å². The Balaban J connectivity index is 1.88. The fraction of sp³-hybridized carbons (Fsp3) is 0.520. The molecule has 2 aromatic rings. The second-order valence-electron chi connectivity index (χ2n) is 9.28. The van der Waals surface area contributed by atoms with Gasteiger partial charge < -0.3 is 9.64 Å². The van der Waals surface area contributed by atoms with Crippen LogP contribution in [0.4, 0.5) is 5.69 Å². The third-order valence-electron chi connectivity index (χ3n) is 5.97. The quantitative estimate of drug-likeness (QED) is 0.341. The summed E-state index contributed by atoms with van der Waals surface area (Å²) in [6.07, 6.45) is 4.89. The molecule has 0 amide bonds. The molecule has 3 rings (SSSR count). The molecule has 1 aliphatic carbocycles. The second-order valence-corrected chi connectivity index (χ2v) is 9.28. The van der Waals surface area contributed by atoms with E-state index in [0.29, 0.717) is 28.9 Å². The molecule has 0 saturated heterocycles. The molecule has 1 aromatic carbocycles. The van der Waals surface area contributed by atoms with Crippen molar-refractivity contribution in [2.75, 3.05) is 18.0 Å². The average molecular weight is 425 g/mol. The van der Waals surface area contributed by atoms with E-state index in [-0.39, 0.29) is 11.5 Å². The summed E-state index contributed by atoms with van der Waals surface area (Å²) in [6.45, 7) is 13.0. The maximum Gasteiger partial charge on any atom is 0.230 e. The molecule has 0 bridgehead atoms. The van der Waals surface area contributed by atoms with Crippen LogP contribution in [0.5, 0.6) is 11.6 Å². The molecular weight excluding hydrogens is 388 g/mol. The summed E-state index contributed by atoms with van der Waals surface area (Å²) in [6, 6.07) is 11.8. The van der Waals surface area contributed by atoms with Crippen LogP contribution < -0.4 is 15.1 Å². The monoisotopic (exact) mass is 424 g/mol. The van der Waals surface area contributed by atoms with E-state index in [2.05, 4.69) is 56.0 Å². The number of rotatable bonds is 7. The van der Waals surface area contributed by atoms with Gasteiger partial charge in [-0.25, -0.2) is 4.98 Å². The zero-order valence-corrected chi connectivity index (χ0v) is 19.4. The first-order valence-corrected chi connectivity index (χ1v) is 11.3. The first kappa shape index (κ1) is 23.1. The number of aromatic nitrogens is 1. The van der Waals surface area contributed by atoms with Crippen molar-refractivity contribution in [2.24, 2.45) is 16.3 Å². The average Bonchev–Trinajstić information content (AvgIpc) is 2.72. The van der Waals surface area contributed by atoms with Gasteiger partial charge in [0.2, 0.25) is 5.88 Å². The highest BCUT2D eigenvalue weighted by atomic mass is 16.5. The molecule has 1 saturated carbocycles. The Morgan fingerprint density at radius 1 is 1.23 bits per heavy atom. The summed E-state index contributed by atoms with van der Waals surface area (Å²) in [5.41, 5.74) is 4.30. The number of pyridine rings is 1. The van der Waals surface area contributed by atoms with Gasteiger partial charge >= 0.3 is 0 Å². The van der Waals surface area contributed by atoms with Gasteiger partial charge in [-0.05, 0) is 68.7 Å². The Kier molecular flexibility index (Phi) is 7.55. The van der Waals surface area contributed by atoms with Crippen molar-refractivity contribution < 1.29 is 9.94 Å². The summed E-state index contributed by atoms with van der Waals surface area (Å²) in [4.78, 5) is 11.6. The molecule has 0 spiro atoms. The second kappa shape index (κ2) is 10.1. The number of ether oxygens (including phenoxy) is 1. The van der Waals surface area contributed by atoms with Gasteiger partial charge in [0.25, 0.3) is 0 Å². The van der Waals surface area contributed by atoms with Crippen LogP contribution in [0, 0.1) is 11.3 Å². The Labute approximate surface area is 186 Å². The minimum atomic E-state index is 0.146. The van der Waals surface area contributed by atoms with Crippen molar-refractivity contribution in [3.05, 3.63) is 48.2 Å². The van der Waals surface area contributed by atoms with Crippen LogP contribution in [0.2, 0.25) is 0 Å². The van der Waals surface area contributed by atoms with E-state index in [4.69, 9.17) is 9.73 Å². The number of nitrogens with one attached hydrogen (secondary N) is 1. The summed E-state index contributed by atoms with van der Waals surface area (Å²) in [5, 5.41) is 9.91. The van der Waals surface area contributed by atoms with E-state index in [9.17, 15) is 5.21 Å². The molecule has 6 heteroatoms. The van der Waals surface area contributed by atoms with Crippen LogP contribution in [0.1, 0.15) is 59.4 Å². The minimum absolute atomic E-state index is 0.146. The number of hydrogen-bond acceptors (Lipinski definition) is 5. The van der Waals surface area contributed by atoms with Crippen molar-refractivity contribution in [3.8, 4) is 11.6 Å². The molecule has 2 N–H and O–H groups in total. The van der Waals surface area contributed by atoms with Crippen molar-refractivity contribution in [3.63, 3.8) is 0 Å². The van der Waals surface area contributed by atoms with E-state index < -0.39 is 0 Å². The van der Waals surface area contributed by atoms with Crippen molar-refractivity contribution in [1.29, 1.82) is 0 Å². The SMILES string of the molecule is CCN(CC)c1cccc(Oc2ncccc2C(=NC2CC(C)CC(C)(C)C2)NO)c1. The molecule has 0 radical (unpaired) electrons. The maximum absolute atomic E-state index is 9.91. The number of hydroxylamine groups is 1. The first-order chi connectivity index (χ1) is 14.8. The van der Waals surface area contributed by atoms with E-state index in [1.807, 2.05) is 30.3 Å². The highest BCUT2D eigenvalue weighted by Gasteiger charge is 2.32. The van der Waals surface area contributed by atoms with Gasteiger partial charge in [0, 0.05) is 31.0 Å². The fourth-order valence-corrected chi connectivity index (χ4v) is 4.83. The molecule has 31 heavy (non-hydrogen) atoms. The lowest BCUT2D eigenvalue weighted by atomic mass is 9.71. The molecular formula is C25H36N4O2. The van der Waals surface area contributed by atoms with Crippen LogP contribution in [-0.4, -0.2) is 35.2 Å². The van der Waals surface area contributed by atoms with Crippen LogP contribution >= 0.6 is 0 Å². The van der Waals surface area contributed by atoms with Crippen LogP contribution in [0.3, 0.4) is 0 Å². The van der Waals surface area contributed by atoms with Crippen molar-refractivity contribution >= 4 is 11.5 Å². The zero-order chi connectivity index (χ0) is 22.4. The lowest BCUT2D eigenvalue weighted by Crippen LogP contribution is -2.32. The largest absolute Gasteiger partial charge is 0.438 e. The summed E-state index contributed by atoms with van der Waals surface area (Å²) >= 11 is 0. The molecule has 1 fully saturated rings. The number of hydrogen-bond donors (Lipinski definition) is 2. The third-order valence-corrected chi connectivity index (χ3v) is 5.97. The number of anilines is 1. The zero-order valence-electron chi connectivity index (χ0n) is 19.4. The number of aliphatic imine (C=N–C) groups is 1. The summed E-state index contributed by atoms with van der Waals surface area (Å²) in [5.74, 6) is 2.12. The molecule has 2 unspecified atom stereocenters. The predicted molar refractivity (Wildman–Crippen MR) is 126 cm³/mol. The Hall–Kier alpha value is -2.60. The predicted octanol–water partition coefficient (Wildman–Crippen LogP) is 5.66. The molecule has 1 aromatic heterocycles. The molecule has 1 aliphatic rings. The standard InChI is InChI=1S/C25H36N4O2/c1-6-29(7-2)20-10-8-11-21(15-20)31-24-22(12-9-13-26-24)23(28-30)27-19-14-18(3)16-25(4,5)17-19/h8-13,15,18-19,30H,6-7,14,16-17H2,1-5H3,(H,27,28). The van der Waals surface area contributed by atoms with Gasteiger partial charge in [0.15, 0.2) is 5.84 Å². The molecule has 168 valence electrons. The topological polar surface area (TPSA) is 70.0 Å². The van der Waals surface area contributed by atoms with Gasteiger partial charge in [-0.15, -0.1) is 0 Å². The Morgan fingerprint density at radius 3 is 2.68 bits per heavy atom. The summed E-state index contributed by atoms with van der Waals surface area (Å²) in [7, 11) is 0. The van der Waals surface area contributed by atoms with Crippen LogP contribution in [0.25, 0.3) is 0 Å². The van der Waals surface area contributed by atoms with E-state index in [1.165, 1.54) is 6.42 Å². The lowest BCUT2D eigenvalue weighted by molar-refractivity contribution is 0.169. The number of benzene rings is 1. The highest BCUT2D eigenvalue weighted by Crippen LogP contribution is 2.40. The Bertz CT molecular complexity index is 893. The fourth-order valence-electron chi connectivity index (χ4n) is 4.83. The first-order valence-electron chi connectivity index (χ1n) is 11.3. The number of nitrogens with zero attached hydrogens (tertiary/aromatic N) is 3. The van der Waals surface area contributed by atoms with Gasteiger partial charge in [0.1, 0.15) is 5.75 Å². The molecule has 2 atom stereocenters. The van der Waals surface area contributed by atoms with Gasteiger partial charge in [0.05, 0.1) is 11.6 Å². The van der Waals surface area contributed by atoms with Crippen molar-refractivity contribution in [2.45, 2.75) is 59.9 Å². The molecule has 0 aliphatic heterocycles.